The van der Waals surface area contributed by atoms with Crippen molar-refractivity contribution >= 4 is 23.2 Å². The fraction of sp³-hybridized carbons (Fsp3) is 0.300. The largest absolute Gasteiger partial charge is 0.388 e. The third-order valence-electron chi connectivity index (χ3n) is 3.92. The second kappa shape index (κ2) is 8.99. The Balaban J connectivity index is 2.02. The number of hydrogen-bond acceptors (Lipinski definition) is 3. The molecule has 0 radical (unpaired) electrons. The lowest BCUT2D eigenvalue weighted by Gasteiger charge is -2.15. The first-order valence-electron chi connectivity index (χ1n) is 8.43. The number of anilines is 2. The van der Waals surface area contributed by atoms with E-state index >= 15 is 0 Å². The van der Waals surface area contributed by atoms with Gasteiger partial charge in [0.2, 0.25) is 11.8 Å². The molecule has 1 unspecified atom stereocenters. The number of hydrogen-bond donors (Lipinski definition) is 3. The van der Waals surface area contributed by atoms with Gasteiger partial charge in [0.25, 0.3) is 0 Å². The average molecular weight is 340 g/mol. The van der Waals surface area contributed by atoms with E-state index in [0.29, 0.717) is 23.4 Å². The third kappa shape index (κ3) is 5.43. The topological polar surface area (TPSA) is 78.4 Å². The highest BCUT2D eigenvalue weighted by atomic mass is 16.3. The van der Waals surface area contributed by atoms with Crippen molar-refractivity contribution in [2.45, 2.75) is 39.2 Å². The van der Waals surface area contributed by atoms with Crippen LogP contribution in [0.1, 0.15) is 43.4 Å². The molecular weight excluding hydrogens is 316 g/mol. The maximum Gasteiger partial charge on any atom is 0.227 e. The Morgan fingerprint density at radius 3 is 2.16 bits per heavy atom. The van der Waals surface area contributed by atoms with Crippen LogP contribution in [0.3, 0.4) is 0 Å². The third-order valence-corrected chi connectivity index (χ3v) is 3.92. The summed E-state index contributed by atoms with van der Waals surface area (Å²) in [5.41, 5.74) is 2.80. The van der Waals surface area contributed by atoms with E-state index in [4.69, 9.17) is 0 Å². The number of carbonyl (C=O) groups is 2. The molecule has 0 aliphatic carbocycles. The van der Waals surface area contributed by atoms with Gasteiger partial charge < -0.3 is 15.7 Å². The lowest BCUT2D eigenvalue weighted by molar-refractivity contribution is -0.118. The summed E-state index contributed by atoms with van der Waals surface area (Å²) in [6.07, 6.45) is 0.349. The summed E-state index contributed by atoms with van der Waals surface area (Å²) in [6, 6.07) is 14.4. The molecule has 2 amide bonds. The van der Waals surface area contributed by atoms with Crippen LogP contribution in [0.25, 0.3) is 0 Å². The highest BCUT2D eigenvalue weighted by molar-refractivity contribution is 5.95. The van der Waals surface area contributed by atoms with E-state index < -0.39 is 6.10 Å². The fourth-order valence-corrected chi connectivity index (χ4v) is 2.52. The van der Waals surface area contributed by atoms with E-state index in [2.05, 4.69) is 10.6 Å². The van der Waals surface area contributed by atoms with Crippen molar-refractivity contribution in [1.82, 2.24) is 0 Å². The molecule has 3 N–H and O–H groups in total. The van der Waals surface area contributed by atoms with Crippen LogP contribution in [0, 0.1) is 6.92 Å². The molecule has 2 aromatic rings. The Kier molecular flexibility index (Phi) is 6.71. The highest BCUT2D eigenvalue weighted by Crippen LogP contribution is 2.24. The number of benzene rings is 2. The maximum atomic E-state index is 12.2. The van der Waals surface area contributed by atoms with Gasteiger partial charge in [0.1, 0.15) is 0 Å². The molecule has 2 rings (SSSR count). The molecule has 2 aromatic carbocycles. The number of carbonyl (C=O) groups excluding carboxylic acids is 2. The molecule has 5 nitrogen and oxygen atoms in total. The van der Waals surface area contributed by atoms with Gasteiger partial charge in [-0.15, -0.1) is 0 Å². The van der Waals surface area contributed by atoms with Gasteiger partial charge in [-0.25, -0.2) is 0 Å². The number of rotatable bonds is 7. The summed E-state index contributed by atoms with van der Waals surface area (Å²) in [5, 5.41) is 15.8. The molecule has 132 valence electrons. The first-order chi connectivity index (χ1) is 12.0. The van der Waals surface area contributed by atoms with Gasteiger partial charge in [0, 0.05) is 17.8 Å². The van der Waals surface area contributed by atoms with Gasteiger partial charge in [-0.3, -0.25) is 9.59 Å². The van der Waals surface area contributed by atoms with Gasteiger partial charge in [0.05, 0.1) is 12.5 Å². The highest BCUT2D eigenvalue weighted by Gasteiger charge is 2.14. The van der Waals surface area contributed by atoms with Crippen molar-refractivity contribution < 1.29 is 14.7 Å². The summed E-state index contributed by atoms with van der Waals surface area (Å²) in [4.78, 5) is 24.0. The van der Waals surface area contributed by atoms with Gasteiger partial charge in [-0.2, -0.15) is 0 Å². The van der Waals surface area contributed by atoms with Crippen molar-refractivity contribution in [2.75, 3.05) is 10.6 Å². The molecule has 1 atom stereocenters. The SMILES string of the molecule is CCCC(=O)Nc1cccc(NC(=O)CC(O)c2ccccc2)c1C. The zero-order chi connectivity index (χ0) is 18.2. The van der Waals surface area contributed by atoms with Crippen LogP contribution in [-0.2, 0) is 9.59 Å². The number of amides is 2. The average Bonchev–Trinajstić information content (AvgIpc) is 2.59. The van der Waals surface area contributed by atoms with E-state index in [1.165, 1.54) is 0 Å². The smallest absolute Gasteiger partial charge is 0.227 e. The monoisotopic (exact) mass is 340 g/mol. The molecule has 0 fully saturated rings. The molecule has 0 aliphatic rings. The first-order valence-corrected chi connectivity index (χ1v) is 8.43. The van der Waals surface area contributed by atoms with Crippen molar-refractivity contribution in [1.29, 1.82) is 0 Å². The Labute approximate surface area is 148 Å². The minimum absolute atomic E-state index is 0.0319. The number of nitrogens with one attached hydrogen (secondary N) is 2. The number of aliphatic hydroxyl groups excluding tert-OH is 1. The molecule has 0 saturated heterocycles. The predicted molar refractivity (Wildman–Crippen MR) is 99.4 cm³/mol. The first kappa shape index (κ1) is 18.7. The Morgan fingerprint density at radius 1 is 0.960 bits per heavy atom. The minimum Gasteiger partial charge on any atom is -0.388 e. The van der Waals surface area contributed by atoms with E-state index in [1.807, 2.05) is 32.0 Å². The number of aliphatic hydroxyl groups is 1. The second-order valence-corrected chi connectivity index (χ2v) is 5.96. The summed E-state index contributed by atoms with van der Waals surface area (Å²) in [5.74, 6) is -0.329. The van der Waals surface area contributed by atoms with E-state index in [9.17, 15) is 14.7 Å². The van der Waals surface area contributed by atoms with Gasteiger partial charge in [0.15, 0.2) is 0 Å². The van der Waals surface area contributed by atoms with Crippen LogP contribution < -0.4 is 10.6 Å². The molecule has 0 aromatic heterocycles. The molecule has 5 heteroatoms. The standard InChI is InChI=1S/C20H24N2O3/c1-3-8-19(24)21-16-11-7-12-17(14(16)2)22-20(25)13-18(23)15-9-5-4-6-10-15/h4-7,9-12,18,23H,3,8,13H2,1-2H3,(H,21,24)(H,22,25). The van der Waals surface area contributed by atoms with Crippen molar-refractivity contribution in [2.24, 2.45) is 0 Å². The zero-order valence-electron chi connectivity index (χ0n) is 14.6. The van der Waals surface area contributed by atoms with Crippen LogP contribution in [-0.4, -0.2) is 16.9 Å². The molecule has 0 aliphatic heterocycles. The predicted octanol–water partition coefficient (Wildman–Crippen LogP) is 3.80. The normalized spacial score (nSPS) is 11.6. The molecule has 0 saturated carbocycles. The minimum atomic E-state index is -0.853. The van der Waals surface area contributed by atoms with Gasteiger partial charge in [-0.1, -0.05) is 43.3 Å². The maximum absolute atomic E-state index is 12.2. The Morgan fingerprint density at radius 2 is 1.56 bits per heavy atom. The van der Waals surface area contributed by atoms with Crippen LogP contribution in [0.15, 0.2) is 48.5 Å². The Hall–Kier alpha value is -2.66. The second-order valence-electron chi connectivity index (χ2n) is 5.96. The van der Waals surface area contributed by atoms with E-state index in [0.717, 1.165) is 12.0 Å². The molecule has 0 spiro atoms. The summed E-state index contributed by atoms with van der Waals surface area (Å²) in [6.45, 7) is 3.78. The van der Waals surface area contributed by atoms with E-state index in [-0.39, 0.29) is 18.2 Å². The van der Waals surface area contributed by atoms with E-state index in [1.54, 1.807) is 30.3 Å². The lowest BCUT2D eigenvalue weighted by Crippen LogP contribution is -2.17. The molecule has 0 heterocycles. The van der Waals surface area contributed by atoms with Crippen molar-refractivity contribution in [3.05, 3.63) is 59.7 Å². The van der Waals surface area contributed by atoms with Gasteiger partial charge in [-0.05, 0) is 36.6 Å². The van der Waals surface area contributed by atoms with Crippen molar-refractivity contribution in [3.8, 4) is 0 Å². The Bertz CT molecular complexity index is 729. The van der Waals surface area contributed by atoms with Crippen molar-refractivity contribution in [3.63, 3.8) is 0 Å². The zero-order valence-corrected chi connectivity index (χ0v) is 14.6. The quantitative estimate of drug-likeness (QED) is 0.717. The summed E-state index contributed by atoms with van der Waals surface area (Å²) < 4.78 is 0. The summed E-state index contributed by atoms with van der Waals surface area (Å²) in [7, 11) is 0. The molecule has 0 bridgehead atoms. The fourth-order valence-electron chi connectivity index (χ4n) is 2.52. The molecule has 25 heavy (non-hydrogen) atoms. The van der Waals surface area contributed by atoms with Gasteiger partial charge >= 0.3 is 0 Å². The molecular formula is C20H24N2O3. The summed E-state index contributed by atoms with van der Waals surface area (Å²) >= 11 is 0. The van der Waals surface area contributed by atoms with Crippen LogP contribution >= 0.6 is 0 Å². The van der Waals surface area contributed by atoms with Crippen LogP contribution in [0.4, 0.5) is 11.4 Å². The lowest BCUT2D eigenvalue weighted by atomic mass is 10.1. The van der Waals surface area contributed by atoms with Crippen LogP contribution in [0.2, 0.25) is 0 Å². The van der Waals surface area contributed by atoms with Crippen LogP contribution in [0.5, 0.6) is 0 Å².